The number of nitrogens with one attached hydrogen (secondary N) is 1. The Labute approximate surface area is 170 Å². The summed E-state index contributed by atoms with van der Waals surface area (Å²) in [5.41, 5.74) is 3.67. The van der Waals surface area contributed by atoms with Crippen LogP contribution in [0.4, 0.5) is 0 Å². The molecule has 0 bridgehead atoms. The Balaban J connectivity index is 1.62. The number of imidazole rings is 1. The van der Waals surface area contributed by atoms with Gasteiger partial charge in [0.05, 0.1) is 18.0 Å². The molecule has 148 valence electrons. The van der Waals surface area contributed by atoms with Crippen molar-refractivity contribution in [1.82, 2.24) is 19.3 Å². The van der Waals surface area contributed by atoms with E-state index in [0.717, 1.165) is 28.7 Å². The second-order valence-corrected chi connectivity index (χ2v) is 8.53. The van der Waals surface area contributed by atoms with Crippen LogP contribution in [0.1, 0.15) is 23.9 Å². The monoisotopic (exact) mass is 406 g/mol. The summed E-state index contributed by atoms with van der Waals surface area (Å²) < 4.78 is 30.1. The minimum atomic E-state index is -3.63. The van der Waals surface area contributed by atoms with Crippen molar-refractivity contribution in [3.63, 3.8) is 0 Å². The molecule has 0 aliphatic rings. The lowest BCUT2D eigenvalue weighted by atomic mass is 10.2. The average Bonchev–Trinajstić information content (AvgIpc) is 3.11. The van der Waals surface area contributed by atoms with Gasteiger partial charge in [-0.1, -0.05) is 49.4 Å². The van der Waals surface area contributed by atoms with Crippen molar-refractivity contribution in [2.45, 2.75) is 31.3 Å². The number of hydrogen-bond acceptors (Lipinski definition) is 4. The lowest BCUT2D eigenvalue weighted by Crippen LogP contribution is -2.25. The molecule has 1 N–H and O–H groups in total. The number of hydrogen-bond donors (Lipinski definition) is 1. The maximum atomic E-state index is 12.7. The van der Waals surface area contributed by atoms with Gasteiger partial charge >= 0.3 is 0 Å². The van der Waals surface area contributed by atoms with E-state index in [-0.39, 0.29) is 11.4 Å². The molecule has 2 heterocycles. The topological polar surface area (TPSA) is 76.9 Å². The van der Waals surface area contributed by atoms with E-state index in [1.54, 1.807) is 18.3 Å². The van der Waals surface area contributed by atoms with Gasteiger partial charge in [-0.2, -0.15) is 0 Å². The summed E-state index contributed by atoms with van der Waals surface area (Å²) >= 11 is 0. The predicted molar refractivity (Wildman–Crippen MR) is 113 cm³/mol. The highest BCUT2D eigenvalue weighted by Crippen LogP contribution is 2.17. The molecule has 0 radical (unpaired) electrons. The number of rotatable bonds is 7. The summed E-state index contributed by atoms with van der Waals surface area (Å²) in [6.45, 7) is 2.69. The van der Waals surface area contributed by atoms with Crippen molar-refractivity contribution < 1.29 is 8.42 Å². The molecule has 0 spiro atoms. The van der Waals surface area contributed by atoms with Crippen LogP contribution in [0, 0.1) is 0 Å². The van der Waals surface area contributed by atoms with Crippen molar-refractivity contribution >= 4 is 21.2 Å². The normalized spacial score (nSPS) is 11.8. The van der Waals surface area contributed by atoms with Crippen LogP contribution < -0.4 is 4.72 Å². The van der Waals surface area contributed by atoms with Crippen molar-refractivity contribution in [1.29, 1.82) is 0 Å². The van der Waals surface area contributed by atoms with Crippen LogP contribution in [-0.2, 0) is 29.5 Å². The number of pyridine rings is 1. The quantitative estimate of drug-likeness (QED) is 0.509. The minimum absolute atomic E-state index is 0.0844. The van der Waals surface area contributed by atoms with E-state index < -0.39 is 10.0 Å². The summed E-state index contributed by atoms with van der Waals surface area (Å²) in [6, 6.07) is 20.6. The van der Waals surface area contributed by atoms with E-state index in [2.05, 4.69) is 14.7 Å². The largest absolute Gasteiger partial charge is 0.307 e. The molecule has 0 saturated heterocycles. The van der Waals surface area contributed by atoms with Gasteiger partial charge in [0.15, 0.2) is 5.65 Å². The number of nitrogens with zero attached hydrogens (tertiary/aromatic N) is 3. The Kier molecular flexibility index (Phi) is 5.42. The third-order valence-corrected chi connectivity index (χ3v) is 6.25. The van der Waals surface area contributed by atoms with Crippen LogP contribution >= 0.6 is 0 Å². The maximum absolute atomic E-state index is 12.7. The molecular weight excluding hydrogens is 384 g/mol. The number of aromatic nitrogens is 3. The van der Waals surface area contributed by atoms with Gasteiger partial charge < -0.3 is 4.57 Å². The predicted octanol–water partition coefficient (Wildman–Crippen LogP) is 3.52. The smallest absolute Gasteiger partial charge is 0.240 e. The lowest BCUT2D eigenvalue weighted by molar-refractivity contribution is 0.576. The summed E-state index contributed by atoms with van der Waals surface area (Å²) in [7, 11) is -3.63. The molecular formula is C22H22N4O2S. The molecule has 0 atom stereocenters. The van der Waals surface area contributed by atoms with Gasteiger partial charge in [-0.15, -0.1) is 0 Å². The van der Waals surface area contributed by atoms with E-state index in [1.807, 2.05) is 66.1 Å². The van der Waals surface area contributed by atoms with Crippen LogP contribution in [0.2, 0.25) is 0 Å². The van der Waals surface area contributed by atoms with Crippen molar-refractivity contribution in [3.8, 4) is 0 Å². The molecule has 7 heteroatoms. The van der Waals surface area contributed by atoms with Gasteiger partial charge in [0.1, 0.15) is 11.3 Å². The zero-order valence-electron chi connectivity index (χ0n) is 16.1. The number of benzene rings is 2. The fourth-order valence-electron chi connectivity index (χ4n) is 3.22. The van der Waals surface area contributed by atoms with Crippen molar-refractivity contribution in [2.24, 2.45) is 0 Å². The number of aryl methyl sites for hydroxylation is 1. The molecule has 0 aliphatic heterocycles. The van der Waals surface area contributed by atoms with Crippen molar-refractivity contribution in [2.75, 3.05) is 0 Å². The molecule has 2 aromatic carbocycles. The highest BCUT2D eigenvalue weighted by molar-refractivity contribution is 7.89. The van der Waals surface area contributed by atoms with Gasteiger partial charge in [-0.3, -0.25) is 0 Å². The minimum Gasteiger partial charge on any atom is -0.307 e. The van der Waals surface area contributed by atoms with Gasteiger partial charge in [0, 0.05) is 6.20 Å². The highest BCUT2D eigenvalue weighted by atomic mass is 32.2. The van der Waals surface area contributed by atoms with Crippen molar-refractivity contribution in [3.05, 3.63) is 89.9 Å². The fourth-order valence-corrected chi connectivity index (χ4v) is 4.20. The van der Waals surface area contributed by atoms with Crippen LogP contribution in [0.3, 0.4) is 0 Å². The molecule has 0 saturated carbocycles. The first-order valence-electron chi connectivity index (χ1n) is 9.49. The summed E-state index contributed by atoms with van der Waals surface area (Å²) in [5.74, 6) is 0.622. The fraction of sp³-hybridized carbons (Fsp3) is 0.182. The van der Waals surface area contributed by atoms with Crippen LogP contribution in [-0.4, -0.2) is 23.0 Å². The SMILES string of the molecule is CCc1ccc(S(=O)(=O)NCc2nc3cccnc3n2Cc2ccccc2)cc1. The first kappa shape index (κ1) is 19.3. The third kappa shape index (κ3) is 4.21. The molecule has 4 aromatic rings. The highest BCUT2D eigenvalue weighted by Gasteiger charge is 2.17. The van der Waals surface area contributed by atoms with Gasteiger partial charge in [-0.05, 0) is 41.8 Å². The molecule has 4 rings (SSSR count). The lowest BCUT2D eigenvalue weighted by Gasteiger charge is -2.11. The Morgan fingerprint density at radius 1 is 0.931 bits per heavy atom. The number of fused-ring (bicyclic) bond motifs is 1. The molecule has 6 nitrogen and oxygen atoms in total. The summed E-state index contributed by atoms with van der Waals surface area (Å²) in [6.07, 6.45) is 2.58. The Hall–Kier alpha value is -3.03. The first-order chi connectivity index (χ1) is 14.1. The average molecular weight is 407 g/mol. The van der Waals surface area contributed by atoms with E-state index in [0.29, 0.717) is 12.4 Å². The van der Waals surface area contributed by atoms with Gasteiger partial charge in [-0.25, -0.2) is 23.1 Å². The standard InChI is InChI=1S/C22H22N4O2S/c1-2-17-10-12-19(13-11-17)29(27,28)24-15-21-25-20-9-6-14-23-22(20)26(21)16-18-7-4-3-5-8-18/h3-14,24H,2,15-16H2,1H3. The second-order valence-electron chi connectivity index (χ2n) is 6.77. The maximum Gasteiger partial charge on any atom is 0.240 e. The molecule has 0 amide bonds. The summed E-state index contributed by atoms with van der Waals surface area (Å²) in [4.78, 5) is 9.30. The van der Waals surface area contributed by atoms with E-state index in [4.69, 9.17) is 0 Å². The van der Waals surface area contributed by atoms with E-state index in [9.17, 15) is 8.42 Å². The Bertz CT molecular complexity index is 1220. The van der Waals surface area contributed by atoms with Crippen LogP contribution in [0.5, 0.6) is 0 Å². The molecule has 0 unspecified atom stereocenters. The molecule has 2 aromatic heterocycles. The van der Waals surface area contributed by atoms with E-state index in [1.165, 1.54) is 0 Å². The van der Waals surface area contributed by atoms with Gasteiger partial charge in [0.2, 0.25) is 10.0 Å². The molecule has 29 heavy (non-hydrogen) atoms. The number of sulfonamides is 1. The van der Waals surface area contributed by atoms with Gasteiger partial charge in [0.25, 0.3) is 0 Å². The zero-order chi connectivity index (χ0) is 20.3. The molecule has 0 fully saturated rings. The summed E-state index contributed by atoms with van der Waals surface area (Å²) in [5, 5.41) is 0. The third-order valence-electron chi connectivity index (χ3n) is 4.83. The molecule has 0 aliphatic carbocycles. The Morgan fingerprint density at radius 2 is 1.69 bits per heavy atom. The first-order valence-corrected chi connectivity index (χ1v) is 11.0. The zero-order valence-corrected chi connectivity index (χ0v) is 16.9. The Morgan fingerprint density at radius 3 is 2.41 bits per heavy atom. The van der Waals surface area contributed by atoms with E-state index >= 15 is 0 Å². The second kappa shape index (κ2) is 8.14. The van der Waals surface area contributed by atoms with Crippen LogP contribution in [0.15, 0.2) is 77.8 Å². The van der Waals surface area contributed by atoms with Crippen LogP contribution in [0.25, 0.3) is 11.2 Å².